The van der Waals surface area contributed by atoms with E-state index in [0.717, 1.165) is 11.6 Å². The highest BCUT2D eigenvalue weighted by Gasteiger charge is 2.02. The standard InChI is InChI=1S/C7H18N.CH4O/c1-5-6-7-8(2,3)4;1-2/h5-7H2,1-4H3;2H,1H3/q+1;. The summed E-state index contributed by atoms with van der Waals surface area (Å²) in [6, 6.07) is 0. The Kier molecular flexibility index (Phi) is 8.85. The van der Waals surface area contributed by atoms with E-state index in [1.807, 2.05) is 0 Å². The fourth-order valence-electron chi connectivity index (χ4n) is 0.632. The molecule has 1 N–H and O–H groups in total. The normalized spacial score (nSPS) is 10.2. The summed E-state index contributed by atoms with van der Waals surface area (Å²) in [7, 11) is 7.70. The van der Waals surface area contributed by atoms with E-state index < -0.39 is 0 Å². The maximum absolute atomic E-state index is 7.00. The molecule has 0 aromatic heterocycles. The van der Waals surface area contributed by atoms with Gasteiger partial charge in [0.1, 0.15) is 0 Å². The average Bonchev–Trinajstić information content (AvgIpc) is 1.87. The van der Waals surface area contributed by atoms with Crippen LogP contribution < -0.4 is 0 Å². The van der Waals surface area contributed by atoms with Gasteiger partial charge in [-0.1, -0.05) is 13.3 Å². The summed E-state index contributed by atoms with van der Waals surface area (Å²) in [6.45, 7) is 3.53. The molecule has 0 bridgehead atoms. The number of rotatable bonds is 3. The molecule has 0 rings (SSSR count). The highest BCUT2D eigenvalue weighted by Crippen LogP contribution is 1.94. The lowest BCUT2D eigenvalue weighted by atomic mass is 10.3. The maximum Gasteiger partial charge on any atom is 0.0780 e. The van der Waals surface area contributed by atoms with E-state index in [2.05, 4.69) is 28.1 Å². The third-order valence-electron chi connectivity index (χ3n) is 1.18. The highest BCUT2D eigenvalue weighted by atomic mass is 16.2. The van der Waals surface area contributed by atoms with Crippen LogP contribution in [0.1, 0.15) is 19.8 Å². The molecule has 0 aliphatic rings. The molecule has 64 valence electrons. The molecule has 0 unspecified atom stereocenters. The van der Waals surface area contributed by atoms with E-state index in [0.29, 0.717) is 0 Å². The van der Waals surface area contributed by atoms with Gasteiger partial charge in [-0.3, -0.25) is 0 Å². The van der Waals surface area contributed by atoms with Gasteiger partial charge in [-0.25, -0.2) is 0 Å². The van der Waals surface area contributed by atoms with Crippen LogP contribution in [-0.2, 0) is 0 Å². The number of hydrogen-bond acceptors (Lipinski definition) is 1. The number of aliphatic hydroxyl groups excluding tert-OH is 1. The molecule has 0 radical (unpaired) electrons. The predicted molar refractivity (Wildman–Crippen MR) is 46.0 cm³/mol. The molecular weight excluding hydrogens is 126 g/mol. The molecule has 10 heavy (non-hydrogen) atoms. The Labute approximate surface area is 65.1 Å². The Balaban J connectivity index is 0. The van der Waals surface area contributed by atoms with Gasteiger partial charge in [0.2, 0.25) is 0 Å². The van der Waals surface area contributed by atoms with Gasteiger partial charge in [-0.2, -0.15) is 0 Å². The Hall–Kier alpha value is -0.0800. The van der Waals surface area contributed by atoms with Crippen molar-refractivity contribution in [1.29, 1.82) is 0 Å². The molecule has 0 atom stereocenters. The van der Waals surface area contributed by atoms with Crippen molar-refractivity contribution in [2.24, 2.45) is 0 Å². The zero-order valence-electron chi connectivity index (χ0n) is 8.02. The third-order valence-corrected chi connectivity index (χ3v) is 1.18. The summed E-state index contributed by atoms with van der Waals surface area (Å²) >= 11 is 0. The Morgan fingerprint density at radius 1 is 1.10 bits per heavy atom. The van der Waals surface area contributed by atoms with Crippen LogP contribution >= 0.6 is 0 Å². The Morgan fingerprint density at radius 3 is 1.60 bits per heavy atom. The molecule has 0 fully saturated rings. The van der Waals surface area contributed by atoms with Crippen molar-refractivity contribution in [1.82, 2.24) is 0 Å². The second kappa shape index (κ2) is 7.03. The first-order chi connectivity index (χ1) is 4.56. The topological polar surface area (TPSA) is 20.2 Å². The van der Waals surface area contributed by atoms with Crippen molar-refractivity contribution in [2.45, 2.75) is 19.8 Å². The van der Waals surface area contributed by atoms with Crippen LogP contribution in [0.15, 0.2) is 0 Å². The first kappa shape index (κ1) is 12.6. The van der Waals surface area contributed by atoms with Crippen molar-refractivity contribution in [3.05, 3.63) is 0 Å². The van der Waals surface area contributed by atoms with Gasteiger partial charge in [0.05, 0.1) is 27.7 Å². The number of aliphatic hydroxyl groups is 1. The lowest BCUT2D eigenvalue weighted by Crippen LogP contribution is -2.35. The molecule has 0 aromatic rings. The van der Waals surface area contributed by atoms with E-state index in [-0.39, 0.29) is 0 Å². The molecule has 0 saturated carbocycles. The predicted octanol–water partition coefficient (Wildman–Crippen LogP) is 1.10. The van der Waals surface area contributed by atoms with Crippen LogP contribution in [0.4, 0.5) is 0 Å². The fourth-order valence-corrected chi connectivity index (χ4v) is 0.632. The van der Waals surface area contributed by atoms with Gasteiger partial charge in [0, 0.05) is 7.11 Å². The third kappa shape index (κ3) is 15.7. The first-order valence-electron chi connectivity index (χ1n) is 3.81. The minimum atomic E-state index is 1.00. The summed E-state index contributed by atoms with van der Waals surface area (Å²) in [5, 5.41) is 7.00. The second-order valence-corrected chi connectivity index (χ2v) is 3.37. The smallest absolute Gasteiger partial charge is 0.0780 e. The van der Waals surface area contributed by atoms with Crippen LogP contribution in [0, 0.1) is 0 Å². The lowest BCUT2D eigenvalue weighted by molar-refractivity contribution is -0.870. The van der Waals surface area contributed by atoms with Gasteiger partial charge in [-0.15, -0.1) is 0 Å². The summed E-state index contributed by atoms with van der Waals surface area (Å²) in [6.07, 6.45) is 2.67. The van der Waals surface area contributed by atoms with E-state index >= 15 is 0 Å². The number of unbranched alkanes of at least 4 members (excludes halogenated alkanes) is 1. The van der Waals surface area contributed by atoms with Crippen molar-refractivity contribution in [3.63, 3.8) is 0 Å². The van der Waals surface area contributed by atoms with Gasteiger partial charge in [-0.05, 0) is 6.42 Å². The van der Waals surface area contributed by atoms with Crippen LogP contribution in [0.5, 0.6) is 0 Å². The molecule has 0 aliphatic carbocycles. The first-order valence-corrected chi connectivity index (χ1v) is 3.81. The average molecular weight is 148 g/mol. The monoisotopic (exact) mass is 148 g/mol. The van der Waals surface area contributed by atoms with E-state index in [1.165, 1.54) is 19.4 Å². The molecule has 0 heterocycles. The Morgan fingerprint density at radius 2 is 1.50 bits per heavy atom. The highest BCUT2D eigenvalue weighted by molar-refractivity contribution is 4.29. The van der Waals surface area contributed by atoms with E-state index in [4.69, 9.17) is 5.11 Å². The molecule has 0 saturated heterocycles. The molecule has 2 nitrogen and oxygen atoms in total. The fraction of sp³-hybridized carbons (Fsp3) is 1.00. The van der Waals surface area contributed by atoms with Crippen LogP contribution in [0.3, 0.4) is 0 Å². The number of hydrogen-bond donors (Lipinski definition) is 1. The van der Waals surface area contributed by atoms with Crippen LogP contribution in [0.2, 0.25) is 0 Å². The summed E-state index contributed by atoms with van der Waals surface area (Å²) in [4.78, 5) is 0. The molecule has 0 amide bonds. The zero-order chi connectivity index (χ0) is 8.62. The molecular formula is C8H22NO+. The molecule has 2 heteroatoms. The molecule has 0 aromatic carbocycles. The number of nitrogens with zero attached hydrogens (tertiary/aromatic N) is 1. The van der Waals surface area contributed by atoms with E-state index in [1.54, 1.807) is 0 Å². The largest absolute Gasteiger partial charge is 0.400 e. The van der Waals surface area contributed by atoms with Crippen molar-refractivity contribution >= 4 is 0 Å². The molecule has 0 aliphatic heterocycles. The van der Waals surface area contributed by atoms with Crippen molar-refractivity contribution in [3.8, 4) is 0 Å². The minimum absolute atomic E-state index is 1.00. The van der Waals surface area contributed by atoms with Gasteiger partial charge >= 0.3 is 0 Å². The summed E-state index contributed by atoms with van der Waals surface area (Å²) < 4.78 is 1.10. The summed E-state index contributed by atoms with van der Waals surface area (Å²) in [5.41, 5.74) is 0. The Bertz CT molecular complexity index is 56.8. The lowest BCUT2D eigenvalue weighted by Gasteiger charge is -2.23. The van der Waals surface area contributed by atoms with E-state index in [9.17, 15) is 0 Å². The van der Waals surface area contributed by atoms with Crippen LogP contribution in [-0.4, -0.2) is 44.4 Å². The summed E-state index contributed by atoms with van der Waals surface area (Å²) in [5.74, 6) is 0. The maximum atomic E-state index is 7.00. The SMILES string of the molecule is CCCC[N+](C)(C)C.CO. The number of quaternary nitrogens is 1. The van der Waals surface area contributed by atoms with Gasteiger partial charge in [0.15, 0.2) is 0 Å². The van der Waals surface area contributed by atoms with Gasteiger partial charge in [0.25, 0.3) is 0 Å². The quantitative estimate of drug-likeness (QED) is 0.594. The second-order valence-electron chi connectivity index (χ2n) is 3.37. The van der Waals surface area contributed by atoms with Crippen LogP contribution in [0.25, 0.3) is 0 Å². The van der Waals surface area contributed by atoms with Gasteiger partial charge < -0.3 is 9.59 Å². The van der Waals surface area contributed by atoms with Crippen molar-refractivity contribution < 1.29 is 9.59 Å². The zero-order valence-corrected chi connectivity index (χ0v) is 8.02. The minimum Gasteiger partial charge on any atom is -0.400 e. The van der Waals surface area contributed by atoms with Crippen molar-refractivity contribution in [2.75, 3.05) is 34.8 Å². The molecule has 0 spiro atoms.